The number of nitrogens with one attached hydrogen (secondary N) is 2. The number of aromatic nitrogens is 3. The molecule has 2 N–H and O–H groups in total. The molecule has 0 aliphatic carbocycles. The van der Waals surface area contributed by atoms with E-state index >= 15 is 0 Å². The van der Waals surface area contributed by atoms with E-state index in [1.54, 1.807) is 13.3 Å². The lowest BCUT2D eigenvalue weighted by molar-refractivity contribution is 0.102. The molecule has 1 aliphatic heterocycles. The van der Waals surface area contributed by atoms with Gasteiger partial charge in [-0.2, -0.15) is 0 Å². The lowest BCUT2D eigenvalue weighted by Gasteiger charge is -2.24. The third-order valence-electron chi connectivity index (χ3n) is 5.58. The summed E-state index contributed by atoms with van der Waals surface area (Å²) in [6, 6.07) is 5.97. The first-order valence-electron chi connectivity index (χ1n) is 10.5. The number of carbonyl (C=O) groups is 1. The van der Waals surface area contributed by atoms with Crippen LogP contribution in [0.15, 0.2) is 35.2 Å². The molecular weight excluding hydrogens is 394 g/mol. The van der Waals surface area contributed by atoms with Crippen molar-refractivity contribution in [3.05, 3.63) is 53.4 Å². The Kier molecular flexibility index (Phi) is 6.27. The molecule has 8 heteroatoms. The molecule has 0 radical (unpaired) electrons. The zero-order chi connectivity index (χ0) is 21.8. The van der Waals surface area contributed by atoms with Crippen LogP contribution in [0.25, 0.3) is 11.1 Å². The van der Waals surface area contributed by atoms with E-state index in [1.807, 2.05) is 32.0 Å². The van der Waals surface area contributed by atoms with Crippen molar-refractivity contribution in [2.24, 2.45) is 0 Å². The quantitative estimate of drug-likeness (QED) is 0.623. The van der Waals surface area contributed by atoms with Gasteiger partial charge in [-0.15, -0.1) is 0 Å². The molecule has 2 aromatic heterocycles. The van der Waals surface area contributed by atoms with Crippen LogP contribution in [0, 0.1) is 20.8 Å². The highest BCUT2D eigenvalue weighted by molar-refractivity contribution is 6.05. The third-order valence-corrected chi connectivity index (χ3v) is 5.58. The average Bonchev–Trinajstić information content (AvgIpc) is 3.20. The molecule has 1 amide bonds. The summed E-state index contributed by atoms with van der Waals surface area (Å²) in [5.41, 5.74) is 4.52. The monoisotopic (exact) mass is 421 g/mol. The fraction of sp³-hybridized carbons (Fsp3) is 0.391. The van der Waals surface area contributed by atoms with Gasteiger partial charge in [0.25, 0.3) is 5.91 Å². The lowest BCUT2D eigenvalue weighted by Crippen LogP contribution is -2.38. The zero-order valence-electron chi connectivity index (χ0n) is 18.1. The summed E-state index contributed by atoms with van der Waals surface area (Å²) in [4.78, 5) is 21.3. The highest BCUT2D eigenvalue weighted by Crippen LogP contribution is 2.36. The maximum atomic E-state index is 12.6. The predicted molar refractivity (Wildman–Crippen MR) is 117 cm³/mol. The first kappa shape index (κ1) is 21.0. The number of benzene rings is 1. The SMILES string of the molecule is Cc1ncnc(C)c1-c1cc(NC(=O)c2cnoc2C)ccc1OC[C@H]1CCCCN1. The molecule has 1 aromatic carbocycles. The molecule has 162 valence electrons. The van der Waals surface area contributed by atoms with E-state index in [-0.39, 0.29) is 5.91 Å². The van der Waals surface area contributed by atoms with E-state index < -0.39 is 0 Å². The molecule has 8 nitrogen and oxygen atoms in total. The van der Waals surface area contributed by atoms with Gasteiger partial charge in [-0.3, -0.25) is 4.79 Å². The van der Waals surface area contributed by atoms with Gasteiger partial charge in [0.2, 0.25) is 0 Å². The fourth-order valence-electron chi connectivity index (χ4n) is 3.88. The minimum atomic E-state index is -0.275. The maximum Gasteiger partial charge on any atom is 0.260 e. The number of aryl methyl sites for hydroxylation is 3. The van der Waals surface area contributed by atoms with Crippen LogP contribution in [0.4, 0.5) is 5.69 Å². The number of amides is 1. The Bertz CT molecular complexity index is 1050. The summed E-state index contributed by atoms with van der Waals surface area (Å²) in [5.74, 6) is 0.941. The second kappa shape index (κ2) is 9.26. The Morgan fingerprint density at radius 3 is 2.71 bits per heavy atom. The number of hydrogen-bond acceptors (Lipinski definition) is 7. The third kappa shape index (κ3) is 4.74. The Morgan fingerprint density at radius 2 is 2.03 bits per heavy atom. The van der Waals surface area contributed by atoms with Crippen LogP contribution in [0.1, 0.15) is 46.8 Å². The maximum absolute atomic E-state index is 12.6. The number of ether oxygens (including phenoxy) is 1. The van der Waals surface area contributed by atoms with Crippen LogP contribution < -0.4 is 15.4 Å². The van der Waals surface area contributed by atoms with Gasteiger partial charge >= 0.3 is 0 Å². The lowest BCUT2D eigenvalue weighted by atomic mass is 10.0. The van der Waals surface area contributed by atoms with Gasteiger partial charge in [0.15, 0.2) is 0 Å². The molecule has 1 fully saturated rings. The van der Waals surface area contributed by atoms with Crippen LogP contribution in [0.5, 0.6) is 5.75 Å². The number of nitrogens with zero attached hydrogens (tertiary/aromatic N) is 3. The van der Waals surface area contributed by atoms with E-state index in [4.69, 9.17) is 9.26 Å². The standard InChI is InChI=1S/C23H27N5O3/c1-14-22(15(2)26-13-25-14)19-10-17(28-23(29)20-11-27-31-16(20)3)7-8-21(19)30-12-18-6-4-5-9-24-18/h7-8,10-11,13,18,24H,4-6,9,12H2,1-3H3,(H,28,29)/t18-/m1/s1. The molecule has 0 unspecified atom stereocenters. The van der Waals surface area contributed by atoms with Gasteiger partial charge in [-0.25, -0.2) is 9.97 Å². The number of carbonyl (C=O) groups excluding carboxylic acids is 1. The van der Waals surface area contributed by atoms with Crippen LogP contribution >= 0.6 is 0 Å². The summed E-state index contributed by atoms with van der Waals surface area (Å²) in [6.45, 7) is 7.21. The number of rotatable bonds is 6. The summed E-state index contributed by atoms with van der Waals surface area (Å²) in [5, 5.41) is 10.1. The van der Waals surface area contributed by atoms with Crippen LogP contribution in [0.3, 0.4) is 0 Å². The zero-order valence-corrected chi connectivity index (χ0v) is 18.1. The van der Waals surface area contributed by atoms with Crippen molar-refractivity contribution in [3.63, 3.8) is 0 Å². The molecule has 3 heterocycles. The molecule has 0 spiro atoms. The molecule has 0 saturated carbocycles. The van der Waals surface area contributed by atoms with Crippen LogP contribution in [-0.4, -0.2) is 40.2 Å². The van der Waals surface area contributed by atoms with Gasteiger partial charge in [0.05, 0.1) is 6.20 Å². The number of anilines is 1. The largest absolute Gasteiger partial charge is 0.491 e. The first-order chi connectivity index (χ1) is 15.0. The Hall–Kier alpha value is -3.26. The molecule has 0 bridgehead atoms. The Morgan fingerprint density at radius 1 is 1.23 bits per heavy atom. The van der Waals surface area contributed by atoms with E-state index in [2.05, 4.69) is 25.8 Å². The van der Waals surface area contributed by atoms with Crippen molar-refractivity contribution >= 4 is 11.6 Å². The first-order valence-corrected chi connectivity index (χ1v) is 10.5. The highest BCUT2D eigenvalue weighted by atomic mass is 16.5. The summed E-state index contributed by atoms with van der Waals surface area (Å²) in [7, 11) is 0. The van der Waals surface area contributed by atoms with E-state index in [9.17, 15) is 4.79 Å². The fourth-order valence-corrected chi connectivity index (χ4v) is 3.88. The normalized spacial score (nSPS) is 16.2. The molecule has 1 atom stereocenters. The van der Waals surface area contributed by atoms with Crippen molar-refractivity contribution < 1.29 is 14.1 Å². The molecule has 3 aromatic rings. The highest BCUT2D eigenvalue weighted by Gasteiger charge is 2.19. The summed E-state index contributed by atoms with van der Waals surface area (Å²) >= 11 is 0. The molecule has 1 saturated heterocycles. The minimum Gasteiger partial charge on any atom is -0.491 e. The molecule has 4 rings (SSSR count). The summed E-state index contributed by atoms with van der Waals surface area (Å²) in [6.07, 6.45) is 6.50. The van der Waals surface area contributed by atoms with E-state index in [0.29, 0.717) is 29.7 Å². The minimum absolute atomic E-state index is 0.275. The number of hydrogen-bond donors (Lipinski definition) is 2. The predicted octanol–water partition coefficient (Wildman–Crippen LogP) is 3.83. The molecule has 31 heavy (non-hydrogen) atoms. The van der Waals surface area contributed by atoms with Gasteiger partial charge < -0.3 is 19.9 Å². The number of piperidine rings is 1. The van der Waals surface area contributed by atoms with Crippen LogP contribution in [0.2, 0.25) is 0 Å². The topological polar surface area (TPSA) is 102 Å². The van der Waals surface area contributed by atoms with Crippen molar-refractivity contribution in [1.29, 1.82) is 0 Å². The summed E-state index contributed by atoms with van der Waals surface area (Å²) < 4.78 is 11.2. The molecule has 1 aliphatic rings. The second-order valence-corrected chi connectivity index (χ2v) is 7.84. The van der Waals surface area contributed by atoms with Gasteiger partial charge in [0.1, 0.15) is 30.0 Å². The van der Waals surface area contributed by atoms with Crippen molar-refractivity contribution in [2.75, 3.05) is 18.5 Å². The molecular formula is C23H27N5O3. The Balaban J connectivity index is 1.64. The smallest absolute Gasteiger partial charge is 0.260 e. The van der Waals surface area contributed by atoms with Gasteiger partial charge in [0, 0.05) is 34.2 Å². The van der Waals surface area contributed by atoms with Crippen molar-refractivity contribution in [3.8, 4) is 16.9 Å². The Labute approximate surface area is 181 Å². The van der Waals surface area contributed by atoms with Crippen molar-refractivity contribution in [1.82, 2.24) is 20.4 Å². The second-order valence-electron chi connectivity index (χ2n) is 7.84. The van der Waals surface area contributed by atoms with E-state index in [1.165, 1.54) is 19.0 Å². The van der Waals surface area contributed by atoms with Gasteiger partial charge in [-0.1, -0.05) is 11.6 Å². The van der Waals surface area contributed by atoms with Gasteiger partial charge in [-0.05, 0) is 58.4 Å². The van der Waals surface area contributed by atoms with E-state index in [0.717, 1.165) is 41.2 Å². The van der Waals surface area contributed by atoms with Crippen molar-refractivity contribution in [2.45, 2.75) is 46.1 Å². The average molecular weight is 422 g/mol. The van der Waals surface area contributed by atoms with Crippen LogP contribution in [-0.2, 0) is 0 Å².